The largest absolute Gasteiger partial charge is 0.350 e. The van der Waals surface area contributed by atoms with Crippen LogP contribution in [-0.2, 0) is 0 Å². The maximum Gasteiger partial charge on any atom is 0.321 e. The van der Waals surface area contributed by atoms with Crippen molar-refractivity contribution in [3.8, 4) is 0 Å². The molecule has 1 aromatic carbocycles. The highest BCUT2D eigenvalue weighted by Gasteiger charge is 2.17. The number of likely N-dealkylation sites (tertiary alicyclic amines) is 1. The summed E-state index contributed by atoms with van der Waals surface area (Å²) in [6, 6.07) is 6.99. The predicted octanol–water partition coefficient (Wildman–Crippen LogP) is 2.45. The van der Waals surface area contributed by atoms with Gasteiger partial charge in [-0.2, -0.15) is 0 Å². The van der Waals surface area contributed by atoms with Gasteiger partial charge < -0.3 is 15.5 Å². The molecule has 0 saturated carbocycles. The molecule has 2 rings (SSSR count). The van der Waals surface area contributed by atoms with Crippen LogP contribution in [0.25, 0.3) is 0 Å². The summed E-state index contributed by atoms with van der Waals surface area (Å²) in [5, 5.41) is 5.68. The van der Waals surface area contributed by atoms with Crippen LogP contribution in [0.1, 0.15) is 37.0 Å². The first-order chi connectivity index (χ1) is 9.56. The molecule has 5 nitrogen and oxygen atoms in total. The third-order valence-corrected chi connectivity index (χ3v) is 3.21. The van der Waals surface area contributed by atoms with Gasteiger partial charge in [-0.05, 0) is 51.0 Å². The lowest BCUT2D eigenvalue weighted by Crippen LogP contribution is -2.32. The van der Waals surface area contributed by atoms with Crippen LogP contribution in [0.4, 0.5) is 10.5 Å². The molecular formula is C15H21N3O2. The first kappa shape index (κ1) is 14.4. The van der Waals surface area contributed by atoms with Crippen molar-refractivity contribution < 1.29 is 9.59 Å². The van der Waals surface area contributed by atoms with Gasteiger partial charge in [0.2, 0.25) is 0 Å². The molecule has 0 aliphatic carbocycles. The van der Waals surface area contributed by atoms with Crippen LogP contribution >= 0.6 is 0 Å². The normalized spacial score (nSPS) is 14.4. The number of nitrogens with one attached hydrogen (secondary N) is 2. The van der Waals surface area contributed by atoms with E-state index in [1.165, 1.54) is 0 Å². The standard InChI is InChI=1S/C15H21N3O2/c1-11(2)16-14(19)12-5-7-13(8-6-12)17-15(20)18-9-3-4-10-18/h5-8,11H,3-4,9-10H2,1-2H3,(H,16,19)(H,17,20). The van der Waals surface area contributed by atoms with Gasteiger partial charge in [-0.15, -0.1) is 0 Å². The fourth-order valence-corrected chi connectivity index (χ4v) is 2.17. The molecular weight excluding hydrogens is 254 g/mol. The number of rotatable bonds is 3. The zero-order valence-electron chi connectivity index (χ0n) is 12.0. The first-order valence-electron chi connectivity index (χ1n) is 7.03. The summed E-state index contributed by atoms with van der Waals surface area (Å²) in [6.45, 7) is 5.48. The van der Waals surface area contributed by atoms with Crippen LogP contribution in [0.2, 0.25) is 0 Å². The van der Waals surface area contributed by atoms with Crippen molar-refractivity contribution in [3.05, 3.63) is 29.8 Å². The Morgan fingerprint density at radius 3 is 2.25 bits per heavy atom. The molecule has 0 radical (unpaired) electrons. The lowest BCUT2D eigenvalue weighted by atomic mass is 10.2. The Kier molecular flexibility index (Phi) is 4.61. The summed E-state index contributed by atoms with van der Waals surface area (Å²) in [5.74, 6) is -0.0996. The summed E-state index contributed by atoms with van der Waals surface area (Å²) in [7, 11) is 0. The van der Waals surface area contributed by atoms with Crippen molar-refractivity contribution in [2.24, 2.45) is 0 Å². The van der Waals surface area contributed by atoms with Crippen molar-refractivity contribution in [2.45, 2.75) is 32.7 Å². The Hall–Kier alpha value is -2.04. The molecule has 3 amide bonds. The zero-order chi connectivity index (χ0) is 14.5. The molecule has 0 aromatic heterocycles. The molecule has 108 valence electrons. The van der Waals surface area contributed by atoms with Gasteiger partial charge in [0, 0.05) is 30.4 Å². The number of anilines is 1. The van der Waals surface area contributed by atoms with Gasteiger partial charge >= 0.3 is 6.03 Å². The Morgan fingerprint density at radius 2 is 1.70 bits per heavy atom. The highest BCUT2D eigenvalue weighted by molar-refractivity contribution is 5.95. The number of hydrogen-bond acceptors (Lipinski definition) is 2. The third kappa shape index (κ3) is 3.73. The van der Waals surface area contributed by atoms with Gasteiger partial charge in [0.1, 0.15) is 0 Å². The Labute approximate surface area is 119 Å². The quantitative estimate of drug-likeness (QED) is 0.890. The molecule has 1 fully saturated rings. The predicted molar refractivity (Wildman–Crippen MR) is 78.9 cm³/mol. The van der Waals surface area contributed by atoms with Gasteiger partial charge in [-0.3, -0.25) is 4.79 Å². The van der Waals surface area contributed by atoms with E-state index in [-0.39, 0.29) is 18.0 Å². The minimum Gasteiger partial charge on any atom is -0.350 e. The molecule has 20 heavy (non-hydrogen) atoms. The number of urea groups is 1. The van der Waals surface area contributed by atoms with E-state index in [0.717, 1.165) is 25.9 Å². The highest BCUT2D eigenvalue weighted by Crippen LogP contribution is 2.13. The molecule has 2 N–H and O–H groups in total. The lowest BCUT2D eigenvalue weighted by molar-refractivity contribution is 0.0943. The number of carbonyl (C=O) groups is 2. The fraction of sp³-hybridized carbons (Fsp3) is 0.467. The molecule has 0 bridgehead atoms. The van der Waals surface area contributed by atoms with Crippen molar-refractivity contribution in [1.29, 1.82) is 0 Å². The van der Waals surface area contributed by atoms with E-state index in [2.05, 4.69) is 10.6 Å². The summed E-state index contributed by atoms with van der Waals surface area (Å²) in [4.78, 5) is 25.5. The average molecular weight is 275 g/mol. The summed E-state index contributed by atoms with van der Waals surface area (Å²) in [6.07, 6.45) is 2.14. The summed E-state index contributed by atoms with van der Waals surface area (Å²) < 4.78 is 0. The van der Waals surface area contributed by atoms with Crippen molar-refractivity contribution in [1.82, 2.24) is 10.2 Å². The average Bonchev–Trinajstić information content (AvgIpc) is 2.92. The lowest BCUT2D eigenvalue weighted by Gasteiger charge is -2.16. The van der Waals surface area contributed by atoms with Crippen LogP contribution in [-0.4, -0.2) is 36.0 Å². The molecule has 1 aliphatic rings. The van der Waals surface area contributed by atoms with E-state index in [1.807, 2.05) is 13.8 Å². The van der Waals surface area contributed by atoms with Gasteiger partial charge in [-0.25, -0.2) is 4.79 Å². The van der Waals surface area contributed by atoms with E-state index < -0.39 is 0 Å². The van der Waals surface area contributed by atoms with Crippen LogP contribution < -0.4 is 10.6 Å². The third-order valence-electron chi connectivity index (χ3n) is 3.21. The van der Waals surface area contributed by atoms with Crippen LogP contribution in [0.5, 0.6) is 0 Å². The fourth-order valence-electron chi connectivity index (χ4n) is 2.17. The number of carbonyl (C=O) groups excluding carboxylic acids is 2. The Balaban J connectivity index is 1.94. The minimum absolute atomic E-state index is 0.0677. The van der Waals surface area contributed by atoms with Crippen molar-refractivity contribution in [3.63, 3.8) is 0 Å². The minimum atomic E-state index is -0.0996. The maximum absolute atomic E-state index is 11.9. The second kappa shape index (κ2) is 6.41. The molecule has 5 heteroatoms. The SMILES string of the molecule is CC(C)NC(=O)c1ccc(NC(=O)N2CCCC2)cc1. The van der Waals surface area contributed by atoms with Crippen LogP contribution in [0, 0.1) is 0 Å². The molecule has 1 saturated heterocycles. The van der Waals surface area contributed by atoms with Gasteiger partial charge in [0.25, 0.3) is 5.91 Å². The van der Waals surface area contributed by atoms with E-state index in [0.29, 0.717) is 11.3 Å². The monoisotopic (exact) mass is 275 g/mol. The smallest absolute Gasteiger partial charge is 0.321 e. The number of nitrogens with zero attached hydrogens (tertiary/aromatic N) is 1. The first-order valence-corrected chi connectivity index (χ1v) is 7.03. The van der Waals surface area contributed by atoms with Gasteiger partial charge in [0.05, 0.1) is 0 Å². The topological polar surface area (TPSA) is 61.4 Å². The molecule has 1 aliphatic heterocycles. The number of benzene rings is 1. The highest BCUT2D eigenvalue weighted by atomic mass is 16.2. The van der Waals surface area contributed by atoms with E-state index in [9.17, 15) is 9.59 Å². The van der Waals surface area contributed by atoms with Crippen molar-refractivity contribution >= 4 is 17.6 Å². The van der Waals surface area contributed by atoms with Crippen LogP contribution in [0.3, 0.4) is 0 Å². The summed E-state index contributed by atoms with van der Waals surface area (Å²) >= 11 is 0. The molecule has 0 atom stereocenters. The molecule has 0 spiro atoms. The van der Waals surface area contributed by atoms with Gasteiger partial charge in [0.15, 0.2) is 0 Å². The van der Waals surface area contributed by atoms with E-state index in [4.69, 9.17) is 0 Å². The second-order valence-corrected chi connectivity index (χ2v) is 5.33. The van der Waals surface area contributed by atoms with Gasteiger partial charge in [-0.1, -0.05) is 0 Å². The number of hydrogen-bond donors (Lipinski definition) is 2. The molecule has 1 heterocycles. The van der Waals surface area contributed by atoms with E-state index >= 15 is 0 Å². The zero-order valence-corrected chi connectivity index (χ0v) is 12.0. The van der Waals surface area contributed by atoms with Crippen molar-refractivity contribution in [2.75, 3.05) is 18.4 Å². The molecule has 1 aromatic rings. The van der Waals surface area contributed by atoms with E-state index in [1.54, 1.807) is 29.2 Å². The summed E-state index contributed by atoms with van der Waals surface area (Å²) in [5.41, 5.74) is 1.31. The van der Waals surface area contributed by atoms with Crippen LogP contribution in [0.15, 0.2) is 24.3 Å². The Morgan fingerprint density at radius 1 is 1.10 bits per heavy atom. The number of amides is 3. The maximum atomic E-state index is 11.9. The molecule has 0 unspecified atom stereocenters. The second-order valence-electron chi connectivity index (χ2n) is 5.33. The Bertz CT molecular complexity index is 476.